The molecule has 0 amide bonds. The number of hydrogen-bond donors (Lipinski definition) is 0. The van der Waals surface area contributed by atoms with E-state index in [-0.39, 0.29) is 0 Å². The number of fused-ring (bicyclic) bond motifs is 2. The summed E-state index contributed by atoms with van der Waals surface area (Å²) in [5.74, 6) is 1.62. The van der Waals surface area contributed by atoms with E-state index in [1.54, 1.807) is 0 Å². The lowest BCUT2D eigenvalue weighted by atomic mass is 10.1. The second kappa shape index (κ2) is 6.54. The molecule has 2 heterocycles. The fourth-order valence-electron chi connectivity index (χ4n) is 3.18. The molecule has 0 N–H and O–H groups in total. The van der Waals surface area contributed by atoms with Crippen LogP contribution in [0.25, 0.3) is 10.9 Å². The molecular weight excluding hydrogens is 336 g/mol. The molecular formula is C20H19ClN2O2. The molecule has 0 spiro atoms. The zero-order valence-electron chi connectivity index (χ0n) is 14.3. The average molecular weight is 355 g/mol. The first kappa shape index (κ1) is 16.2. The minimum Gasteiger partial charge on any atom is -0.454 e. The lowest BCUT2D eigenvalue weighted by Gasteiger charge is -2.18. The van der Waals surface area contributed by atoms with Gasteiger partial charge in [-0.1, -0.05) is 35.9 Å². The zero-order valence-corrected chi connectivity index (χ0v) is 15.0. The van der Waals surface area contributed by atoms with Crippen LogP contribution in [-0.2, 0) is 13.1 Å². The van der Waals surface area contributed by atoms with Crippen molar-refractivity contribution in [1.82, 2.24) is 9.88 Å². The number of nitrogens with zero attached hydrogens (tertiary/aromatic N) is 2. The summed E-state index contributed by atoms with van der Waals surface area (Å²) in [5, 5.41) is 1.85. The normalized spacial score (nSPS) is 13.0. The zero-order chi connectivity index (χ0) is 17.4. The molecule has 2 aromatic carbocycles. The van der Waals surface area contributed by atoms with E-state index >= 15 is 0 Å². The van der Waals surface area contributed by atoms with Gasteiger partial charge >= 0.3 is 0 Å². The molecule has 128 valence electrons. The quantitative estimate of drug-likeness (QED) is 0.688. The number of hydrogen-bond acceptors (Lipinski definition) is 4. The van der Waals surface area contributed by atoms with Gasteiger partial charge in [0.1, 0.15) is 0 Å². The Balaban J connectivity index is 1.55. The van der Waals surface area contributed by atoms with Gasteiger partial charge in [0, 0.05) is 18.5 Å². The third-order valence-corrected chi connectivity index (χ3v) is 4.96. The molecule has 3 aromatic rings. The highest BCUT2D eigenvalue weighted by molar-refractivity contribution is 6.32. The molecule has 0 aliphatic carbocycles. The molecule has 0 unspecified atom stereocenters. The predicted octanol–water partition coefficient (Wildman–Crippen LogP) is 4.56. The summed E-state index contributed by atoms with van der Waals surface area (Å²) < 4.78 is 10.8. The number of para-hydroxylation sites is 1. The molecule has 25 heavy (non-hydrogen) atoms. The van der Waals surface area contributed by atoms with Crippen molar-refractivity contribution in [2.24, 2.45) is 0 Å². The van der Waals surface area contributed by atoms with Gasteiger partial charge < -0.3 is 9.47 Å². The van der Waals surface area contributed by atoms with Gasteiger partial charge in [0.2, 0.25) is 6.79 Å². The van der Waals surface area contributed by atoms with E-state index in [1.807, 2.05) is 37.3 Å². The van der Waals surface area contributed by atoms with Crippen LogP contribution in [0.5, 0.6) is 11.5 Å². The van der Waals surface area contributed by atoms with Gasteiger partial charge in [0.15, 0.2) is 11.5 Å². The molecule has 1 aromatic heterocycles. The topological polar surface area (TPSA) is 34.6 Å². The minimum absolute atomic E-state index is 0.296. The van der Waals surface area contributed by atoms with Crippen LogP contribution in [0.15, 0.2) is 42.5 Å². The molecule has 5 heteroatoms. The Morgan fingerprint density at radius 2 is 1.88 bits per heavy atom. The van der Waals surface area contributed by atoms with E-state index in [0.717, 1.165) is 45.2 Å². The second-order valence-electron chi connectivity index (χ2n) is 6.37. The van der Waals surface area contributed by atoms with E-state index in [2.05, 4.69) is 24.1 Å². The summed E-state index contributed by atoms with van der Waals surface area (Å²) in [7, 11) is 2.06. The highest BCUT2D eigenvalue weighted by Crippen LogP contribution is 2.33. The maximum absolute atomic E-state index is 6.57. The van der Waals surface area contributed by atoms with Crippen LogP contribution < -0.4 is 9.47 Å². The number of aryl methyl sites for hydroxylation is 1. The Kier molecular flexibility index (Phi) is 4.24. The number of ether oxygens (including phenoxy) is 2. The molecule has 0 bridgehead atoms. The third kappa shape index (κ3) is 3.15. The highest BCUT2D eigenvalue weighted by atomic mass is 35.5. The van der Waals surface area contributed by atoms with Gasteiger partial charge in [-0.25, -0.2) is 4.98 Å². The molecule has 4 nitrogen and oxygen atoms in total. The summed E-state index contributed by atoms with van der Waals surface area (Å²) >= 11 is 6.57. The SMILES string of the molecule is Cc1c(Cl)c(CN(C)Cc2ccc3c(c2)OCO3)nc2ccccc12. The van der Waals surface area contributed by atoms with Gasteiger partial charge in [-0.05, 0) is 43.3 Å². The lowest BCUT2D eigenvalue weighted by Crippen LogP contribution is -2.18. The van der Waals surface area contributed by atoms with Gasteiger partial charge in [0.05, 0.1) is 16.2 Å². The number of halogens is 1. The standard InChI is InChI=1S/C20H19ClN2O2/c1-13-15-5-3-4-6-16(15)22-17(20(13)21)11-23(2)10-14-7-8-18-19(9-14)25-12-24-18/h3-9H,10-12H2,1-2H3. The molecule has 0 radical (unpaired) electrons. The second-order valence-corrected chi connectivity index (χ2v) is 6.75. The number of rotatable bonds is 4. The fraction of sp³-hybridized carbons (Fsp3) is 0.250. The van der Waals surface area contributed by atoms with Crippen molar-refractivity contribution in [3.63, 3.8) is 0 Å². The van der Waals surface area contributed by atoms with Crippen molar-refractivity contribution in [3.8, 4) is 11.5 Å². The lowest BCUT2D eigenvalue weighted by molar-refractivity contribution is 0.174. The molecule has 1 aliphatic rings. The molecule has 0 fully saturated rings. The van der Waals surface area contributed by atoms with Crippen LogP contribution in [0.3, 0.4) is 0 Å². The molecule has 1 aliphatic heterocycles. The monoisotopic (exact) mass is 354 g/mol. The Bertz CT molecular complexity index is 942. The van der Waals surface area contributed by atoms with E-state index in [9.17, 15) is 0 Å². The summed E-state index contributed by atoms with van der Waals surface area (Å²) in [6, 6.07) is 14.1. The van der Waals surface area contributed by atoms with Crippen molar-refractivity contribution in [3.05, 3.63) is 64.3 Å². The molecule has 0 atom stereocenters. The average Bonchev–Trinajstić information content (AvgIpc) is 3.07. The highest BCUT2D eigenvalue weighted by Gasteiger charge is 2.15. The number of pyridine rings is 1. The van der Waals surface area contributed by atoms with Crippen LogP contribution in [-0.4, -0.2) is 23.7 Å². The molecule has 0 saturated carbocycles. The summed E-state index contributed by atoms with van der Waals surface area (Å²) in [5.41, 5.74) is 4.14. The van der Waals surface area contributed by atoms with Crippen LogP contribution >= 0.6 is 11.6 Å². The third-order valence-electron chi connectivity index (χ3n) is 4.46. The van der Waals surface area contributed by atoms with Crippen molar-refractivity contribution >= 4 is 22.5 Å². The Labute approximate surface area is 151 Å². The summed E-state index contributed by atoms with van der Waals surface area (Å²) in [6.07, 6.45) is 0. The van der Waals surface area contributed by atoms with Gasteiger partial charge in [-0.3, -0.25) is 4.90 Å². The Morgan fingerprint density at radius 3 is 2.76 bits per heavy atom. The van der Waals surface area contributed by atoms with Crippen molar-refractivity contribution in [2.45, 2.75) is 20.0 Å². The fourth-order valence-corrected chi connectivity index (χ4v) is 3.39. The maximum atomic E-state index is 6.57. The van der Waals surface area contributed by atoms with Gasteiger partial charge in [-0.2, -0.15) is 0 Å². The first-order valence-corrected chi connectivity index (χ1v) is 8.60. The van der Waals surface area contributed by atoms with Gasteiger partial charge in [0.25, 0.3) is 0 Å². The van der Waals surface area contributed by atoms with Crippen molar-refractivity contribution in [1.29, 1.82) is 0 Å². The summed E-state index contributed by atoms with van der Waals surface area (Å²) in [6.45, 7) is 3.80. The molecule has 4 rings (SSSR count). The van der Waals surface area contributed by atoms with E-state index in [1.165, 1.54) is 5.56 Å². The predicted molar refractivity (Wildman–Crippen MR) is 99.2 cm³/mol. The molecule has 0 saturated heterocycles. The maximum Gasteiger partial charge on any atom is 0.231 e. The first-order valence-electron chi connectivity index (χ1n) is 8.22. The minimum atomic E-state index is 0.296. The van der Waals surface area contributed by atoms with Crippen molar-refractivity contribution < 1.29 is 9.47 Å². The van der Waals surface area contributed by atoms with Crippen LogP contribution in [0, 0.1) is 6.92 Å². The van der Waals surface area contributed by atoms with Crippen LogP contribution in [0.1, 0.15) is 16.8 Å². The number of aromatic nitrogens is 1. The number of benzene rings is 2. The summed E-state index contributed by atoms with van der Waals surface area (Å²) in [4.78, 5) is 6.95. The smallest absolute Gasteiger partial charge is 0.231 e. The van der Waals surface area contributed by atoms with Gasteiger partial charge in [-0.15, -0.1) is 0 Å². The van der Waals surface area contributed by atoms with E-state index < -0.39 is 0 Å². The Hall–Kier alpha value is -2.30. The van der Waals surface area contributed by atoms with E-state index in [0.29, 0.717) is 13.3 Å². The van der Waals surface area contributed by atoms with Crippen LogP contribution in [0.4, 0.5) is 0 Å². The van der Waals surface area contributed by atoms with E-state index in [4.69, 9.17) is 26.1 Å². The first-order chi connectivity index (χ1) is 12.1. The van der Waals surface area contributed by atoms with Crippen molar-refractivity contribution in [2.75, 3.05) is 13.8 Å². The Morgan fingerprint density at radius 1 is 1.08 bits per heavy atom. The van der Waals surface area contributed by atoms with Crippen LogP contribution in [0.2, 0.25) is 5.02 Å². The largest absolute Gasteiger partial charge is 0.454 e.